The largest absolute Gasteiger partial charge is 0.354 e. The van der Waals surface area contributed by atoms with Crippen molar-refractivity contribution in [2.75, 3.05) is 23.1 Å². The zero-order valence-electron chi connectivity index (χ0n) is 18.0. The van der Waals surface area contributed by atoms with Crippen molar-refractivity contribution >= 4 is 56.6 Å². The molecule has 0 unspecified atom stereocenters. The first kappa shape index (κ1) is 25.4. The van der Waals surface area contributed by atoms with E-state index in [-0.39, 0.29) is 17.3 Å². The Labute approximate surface area is 209 Å². The summed E-state index contributed by atoms with van der Waals surface area (Å²) in [5, 5.41) is 3.99. The summed E-state index contributed by atoms with van der Waals surface area (Å²) in [5.41, 5.74) is 2.46. The van der Waals surface area contributed by atoms with Gasteiger partial charge in [0.2, 0.25) is 5.91 Å². The van der Waals surface area contributed by atoms with Crippen LogP contribution in [0, 0.1) is 6.92 Å². The molecule has 0 bridgehead atoms. The van der Waals surface area contributed by atoms with Crippen LogP contribution in [0.3, 0.4) is 0 Å². The number of aryl methyl sites for hydroxylation is 1. The summed E-state index contributed by atoms with van der Waals surface area (Å²) in [4.78, 5) is 12.7. The molecule has 0 atom stereocenters. The predicted octanol–water partition coefficient (Wildman–Crippen LogP) is 5.55. The van der Waals surface area contributed by atoms with Gasteiger partial charge in [-0.25, -0.2) is 8.42 Å². The Balaban J connectivity index is 1.63. The molecule has 0 radical (unpaired) electrons. The Kier molecular flexibility index (Phi) is 9.09. The molecule has 3 aromatic rings. The van der Waals surface area contributed by atoms with Gasteiger partial charge in [0.15, 0.2) is 0 Å². The highest BCUT2D eigenvalue weighted by atomic mass is 35.5. The van der Waals surface area contributed by atoms with Gasteiger partial charge < -0.3 is 5.32 Å². The second-order valence-corrected chi connectivity index (χ2v) is 11.2. The summed E-state index contributed by atoms with van der Waals surface area (Å²) >= 11 is 13.5. The van der Waals surface area contributed by atoms with Gasteiger partial charge in [-0.1, -0.05) is 53.0 Å². The van der Waals surface area contributed by atoms with Crippen LogP contribution < -0.4 is 9.62 Å². The van der Waals surface area contributed by atoms with Crippen molar-refractivity contribution in [1.82, 2.24) is 5.32 Å². The van der Waals surface area contributed by atoms with Crippen LogP contribution >= 0.6 is 35.0 Å². The van der Waals surface area contributed by atoms with Gasteiger partial charge in [-0.05, 0) is 61.0 Å². The third-order valence-electron chi connectivity index (χ3n) is 4.76. The van der Waals surface area contributed by atoms with E-state index >= 15 is 0 Å². The zero-order valence-corrected chi connectivity index (χ0v) is 21.1. The van der Waals surface area contributed by atoms with Crippen molar-refractivity contribution in [2.45, 2.75) is 17.6 Å². The molecule has 0 saturated heterocycles. The molecule has 0 saturated carbocycles. The molecular formula is C24H24Cl2N2O3S2. The molecule has 0 aliphatic rings. The molecule has 3 aromatic carbocycles. The third kappa shape index (κ3) is 7.40. The summed E-state index contributed by atoms with van der Waals surface area (Å²) in [6, 6.07) is 20.5. The van der Waals surface area contributed by atoms with Gasteiger partial charge in [0.25, 0.3) is 10.0 Å². The Morgan fingerprint density at radius 1 is 0.909 bits per heavy atom. The second kappa shape index (κ2) is 11.8. The van der Waals surface area contributed by atoms with Crippen molar-refractivity contribution in [3.05, 3.63) is 94.0 Å². The highest BCUT2D eigenvalue weighted by Gasteiger charge is 2.27. The van der Waals surface area contributed by atoms with E-state index in [4.69, 9.17) is 23.2 Å². The summed E-state index contributed by atoms with van der Waals surface area (Å²) in [6.45, 7) is 1.97. The number of benzene rings is 3. The minimum Gasteiger partial charge on any atom is -0.354 e. The number of rotatable bonds is 10. The van der Waals surface area contributed by atoms with E-state index in [0.717, 1.165) is 21.2 Å². The van der Waals surface area contributed by atoms with E-state index in [9.17, 15) is 13.2 Å². The summed E-state index contributed by atoms with van der Waals surface area (Å²) in [7, 11) is -3.94. The highest BCUT2D eigenvalue weighted by Crippen LogP contribution is 2.25. The van der Waals surface area contributed by atoms with Gasteiger partial charge >= 0.3 is 0 Å². The van der Waals surface area contributed by atoms with Gasteiger partial charge in [-0.3, -0.25) is 9.10 Å². The number of amides is 1. The topological polar surface area (TPSA) is 66.5 Å². The molecule has 1 N–H and O–H groups in total. The third-order valence-corrected chi connectivity index (χ3v) is 8.08. The summed E-state index contributed by atoms with van der Waals surface area (Å²) < 4.78 is 27.7. The lowest BCUT2D eigenvalue weighted by Crippen LogP contribution is -2.41. The number of nitrogens with zero attached hydrogens (tertiary/aromatic N) is 1. The lowest BCUT2D eigenvalue weighted by molar-refractivity contribution is -0.119. The predicted molar refractivity (Wildman–Crippen MR) is 138 cm³/mol. The van der Waals surface area contributed by atoms with Crippen molar-refractivity contribution in [3.8, 4) is 0 Å². The first-order valence-corrected chi connectivity index (χ1v) is 13.5. The number of hydrogen-bond acceptors (Lipinski definition) is 4. The Morgan fingerprint density at radius 2 is 1.48 bits per heavy atom. The molecule has 0 heterocycles. The SMILES string of the molecule is Cc1ccc(S(=O)(=O)N(CC(=O)NCCSCc2ccc(Cl)cc2)c2ccc(Cl)cc2)cc1. The normalized spacial score (nSPS) is 11.2. The van der Waals surface area contributed by atoms with Gasteiger partial charge in [-0.2, -0.15) is 11.8 Å². The highest BCUT2D eigenvalue weighted by molar-refractivity contribution is 7.98. The van der Waals surface area contributed by atoms with E-state index < -0.39 is 10.0 Å². The van der Waals surface area contributed by atoms with Crippen molar-refractivity contribution in [2.24, 2.45) is 0 Å². The molecule has 0 aromatic heterocycles. The van der Waals surface area contributed by atoms with Crippen LogP contribution in [-0.2, 0) is 20.6 Å². The van der Waals surface area contributed by atoms with Crippen LogP contribution in [0.5, 0.6) is 0 Å². The summed E-state index contributed by atoms with van der Waals surface area (Å²) in [6.07, 6.45) is 0. The van der Waals surface area contributed by atoms with E-state index in [0.29, 0.717) is 28.0 Å². The fourth-order valence-corrected chi connectivity index (χ4v) is 5.47. The number of carbonyl (C=O) groups excluding carboxylic acids is 1. The molecule has 3 rings (SSSR count). The molecular weight excluding hydrogens is 499 g/mol. The number of halogens is 2. The first-order valence-electron chi connectivity index (χ1n) is 10.2. The molecule has 0 spiro atoms. The van der Waals surface area contributed by atoms with Crippen LogP contribution in [-0.4, -0.2) is 33.2 Å². The lowest BCUT2D eigenvalue weighted by Gasteiger charge is -2.24. The van der Waals surface area contributed by atoms with Crippen LogP contribution in [0.2, 0.25) is 10.0 Å². The van der Waals surface area contributed by atoms with E-state index in [1.807, 2.05) is 31.2 Å². The first-order chi connectivity index (χ1) is 15.8. The van der Waals surface area contributed by atoms with Crippen molar-refractivity contribution in [1.29, 1.82) is 0 Å². The van der Waals surface area contributed by atoms with E-state index in [2.05, 4.69) is 5.32 Å². The molecule has 0 aliphatic heterocycles. The van der Waals surface area contributed by atoms with Crippen molar-refractivity contribution in [3.63, 3.8) is 0 Å². The number of anilines is 1. The van der Waals surface area contributed by atoms with Gasteiger partial charge in [-0.15, -0.1) is 0 Å². The molecule has 0 aliphatic carbocycles. The maximum Gasteiger partial charge on any atom is 0.264 e. The fourth-order valence-electron chi connectivity index (χ4n) is 2.98. The molecule has 174 valence electrons. The lowest BCUT2D eigenvalue weighted by atomic mass is 10.2. The molecule has 9 heteroatoms. The molecule has 1 amide bonds. The second-order valence-electron chi connectivity index (χ2n) is 7.33. The number of sulfonamides is 1. The Hall–Kier alpha value is -2.19. The number of thioether (sulfide) groups is 1. The number of hydrogen-bond donors (Lipinski definition) is 1. The maximum absolute atomic E-state index is 13.3. The van der Waals surface area contributed by atoms with Crippen LogP contribution in [0.15, 0.2) is 77.7 Å². The Morgan fingerprint density at radius 3 is 2.09 bits per heavy atom. The van der Waals surface area contributed by atoms with Gasteiger partial charge in [0, 0.05) is 28.1 Å². The maximum atomic E-state index is 13.3. The molecule has 0 fully saturated rings. The monoisotopic (exact) mass is 522 g/mol. The van der Waals surface area contributed by atoms with E-state index in [1.54, 1.807) is 60.3 Å². The van der Waals surface area contributed by atoms with Crippen LogP contribution in [0.4, 0.5) is 5.69 Å². The minimum absolute atomic E-state index is 0.120. The molecule has 33 heavy (non-hydrogen) atoms. The Bertz CT molecular complexity index is 1170. The van der Waals surface area contributed by atoms with Gasteiger partial charge in [0.05, 0.1) is 10.6 Å². The van der Waals surface area contributed by atoms with Crippen molar-refractivity contribution < 1.29 is 13.2 Å². The fraction of sp³-hybridized carbons (Fsp3) is 0.208. The standard InChI is InChI=1S/C24H24Cl2N2O3S2/c1-18-2-12-23(13-3-18)33(30,31)28(22-10-8-21(26)9-11-22)16-24(29)27-14-15-32-17-19-4-6-20(25)7-5-19/h2-13H,14-17H2,1H3,(H,27,29). The average molecular weight is 524 g/mol. The zero-order chi connectivity index (χ0) is 23.8. The summed E-state index contributed by atoms with van der Waals surface area (Å²) in [5.74, 6) is 1.11. The number of nitrogens with one attached hydrogen (secondary N) is 1. The molecule has 5 nitrogen and oxygen atoms in total. The smallest absolute Gasteiger partial charge is 0.264 e. The van der Waals surface area contributed by atoms with E-state index in [1.165, 1.54) is 0 Å². The number of carbonyl (C=O) groups is 1. The minimum atomic E-state index is -3.94. The van der Waals surface area contributed by atoms with Crippen LogP contribution in [0.25, 0.3) is 0 Å². The van der Waals surface area contributed by atoms with Gasteiger partial charge in [0.1, 0.15) is 6.54 Å². The average Bonchev–Trinajstić information content (AvgIpc) is 2.79. The quantitative estimate of drug-likeness (QED) is 0.354. The van der Waals surface area contributed by atoms with Crippen LogP contribution in [0.1, 0.15) is 11.1 Å².